The van der Waals surface area contributed by atoms with E-state index in [-0.39, 0.29) is 11.8 Å². The van der Waals surface area contributed by atoms with Crippen LogP contribution in [0.5, 0.6) is 11.5 Å². The van der Waals surface area contributed by atoms with Crippen LogP contribution in [0.3, 0.4) is 0 Å². The number of ether oxygens (including phenoxy) is 3. The molecule has 0 aliphatic heterocycles. The lowest BCUT2D eigenvalue weighted by molar-refractivity contribution is 0.0890. The number of phenols is 1. The zero-order chi connectivity index (χ0) is 15.7. The van der Waals surface area contributed by atoms with Crippen LogP contribution in [0.15, 0.2) is 18.2 Å². The van der Waals surface area contributed by atoms with E-state index in [2.05, 4.69) is 4.90 Å². The van der Waals surface area contributed by atoms with Crippen molar-refractivity contribution in [1.29, 1.82) is 0 Å². The predicted molar refractivity (Wildman–Crippen MR) is 81.8 cm³/mol. The third-order valence-corrected chi connectivity index (χ3v) is 3.42. The lowest BCUT2D eigenvalue weighted by Gasteiger charge is -2.31. The highest BCUT2D eigenvalue weighted by atomic mass is 16.5. The van der Waals surface area contributed by atoms with Crippen molar-refractivity contribution in [2.45, 2.75) is 6.04 Å². The van der Waals surface area contributed by atoms with E-state index in [1.807, 2.05) is 6.07 Å². The lowest BCUT2D eigenvalue weighted by atomic mass is 10.0. The van der Waals surface area contributed by atoms with Crippen LogP contribution < -0.4 is 10.5 Å². The first-order valence-corrected chi connectivity index (χ1v) is 6.96. The second kappa shape index (κ2) is 9.57. The Morgan fingerprint density at radius 2 is 1.76 bits per heavy atom. The maximum absolute atomic E-state index is 9.94. The summed E-state index contributed by atoms with van der Waals surface area (Å²) in [7, 11) is 4.87. The molecule has 0 aliphatic carbocycles. The first-order valence-electron chi connectivity index (χ1n) is 6.96. The molecule has 6 heteroatoms. The standard InChI is InChI=1S/C15H26N2O4/c1-19-8-6-17(7-9-20-2)13(11-16)12-4-5-15(21-3)14(18)10-12/h4-5,10,13,18H,6-9,11,16H2,1-3H3. The molecule has 0 spiro atoms. The van der Waals surface area contributed by atoms with Crippen LogP contribution in [0.25, 0.3) is 0 Å². The minimum atomic E-state index is -0.00731. The van der Waals surface area contributed by atoms with Gasteiger partial charge in [-0.25, -0.2) is 0 Å². The van der Waals surface area contributed by atoms with Crippen molar-refractivity contribution in [3.63, 3.8) is 0 Å². The summed E-state index contributed by atoms with van der Waals surface area (Å²) in [5.74, 6) is 0.571. The SMILES string of the molecule is COCCN(CCOC)C(CN)c1ccc(OC)c(O)c1. The van der Waals surface area contributed by atoms with Crippen molar-refractivity contribution in [3.05, 3.63) is 23.8 Å². The summed E-state index contributed by atoms with van der Waals surface area (Å²) in [4.78, 5) is 2.19. The van der Waals surface area contributed by atoms with Crippen LogP contribution in [0, 0.1) is 0 Å². The Morgan fingerprint density at radius 3 is 2.19 bits per heavy atom. The highest BCUT2D eigenvalue weighted by Crippen LogP contribution is 2.30. The summed E-state index contributed by atoms with van der Waals surface area (Å²) in [6.45, 7) is 3.16. The Bertz CT molecular complexity index is 407. The summed E-state index contributed by atoms with van der Waals surface area (Å²) in [5, 5.41) is 9.94. The minimum Gasteiger partial charge on any atom is -0.504 e. The third-order valence-electron chi connectivity index (χ3n) is 3.42. The molecule has 0 aromatic heterocycles. The van der Waals surface area contributed by atoms with E-state index in [4.69, 9.17) is 19.9 Å². The van der Waals surface area contributed by atoms with Gasteiger partial charge in [-0.05, 0) is 17.7 Å². The van der Waals surface area contributed by atoms with Gasteiger partial charge in [0.1, 0.15) is 0 Å². The molecule has 0 heterocycles. The number of benzene rings is 1. The molecular formula is C15H26N2O4. The molecule has 0 radical (unpaired) electrons. The first kappa shape index (κ1) is 17.7. The minimum absolute atomic E-state index is 0.00731. The third kappa shape index (κ3) is 5.17. The van der Waals surface area contributed by atoms with Crippen LogP contribution in [0.2, 0.25) is 0 Å². The molecule has 21 heavy (non-hydrogen) atoms. The molecule has 1 rings (SSSR count). The fourth-order valence-corrected chi connectivity index (χ4v) is 2.25. The van der Waals surface area contributed by atoms with Gasteiger partial charge in [0.15, 0.2) is 11.5 Å². The van der Waals surface area contributed by atoms with Gasteiger partial charge < -0.3 is 25.1 Å². The van der Waals surface area contributed by atoms with Crippen LogP contribution >= 0.6 is 0 Å². The van der Waals surface area contributed by atoms with Crippen molar-refractivity contribution in [3.8, 4) is 11.5 Å². The summed E-state index contributed by atoms with van der Waals surface area (Å²) < 4.78 is 15.4. The van der Waals surface area contributed by atoms with Crippen molar-refractivity contribution in [2.24, 2.45) is 5.73 Å². The first-order chi connectivity index (χ1) is 10.2. The molecular weight excluding hydrogens is 272 g/mol. The summed E-state index contributed by atoms with van der Waals surface area (Å²) in [6, 6.07) is 5.36. The van der Waals surface area contributed by atoms with Crippen LogP contribution in [-0.2, 0) is 9.47 Å². The van der Waals surface area contributed by atoms with Gasteiger partial charge >= 0.3 is 0 Å². The molecule has 1 aromatic rings. The number of aromatic hydroxyl groups is 1. The Hall–Kier alpha value is -1.34. The topological polar surface area (TPSA) is 77.2 Å². The number of methoxy groups -OCH3 is 3. The van der Waals surface area contributed by atoms with E-state index in [9.17, 15) is 5.11 Å². The zero-order valence-electron chi connectivity index (χ0n) is 13.0. The Balaban J connectivity index is 2.92. The van der Waals surface area contributed by atoms with Gasteiger partial charge in [-0.3, -0.25) is 4.90 Å². The molecule has 0 fully saturated rings. The molecule has 0 bridgehead atoms. The Labute approximate surface area is 126 Å². The Morgan fingerprint density at radius 1 is 1.14 bits per heavy atom. The number of nitrogens with two attached hydrogens (primary N) is 1. The molecule has 0 saturated heterocycles. The predicted octanol–water partition coefficient (Wildman–Crippen LogP) is 0.995. The molecule has 3 N–H and O–H groups in total. The van der Waals surface area contributed by atoms with E-state index in [0.29, 0.717) is 25.5 Å². The average Bonchev–Trinajstić information content (AvgIpc) is 2.50. The monoisotopic (exact) mass is 298 g/mol. The largest absolute Gasteiger partial charge is 0.504 e. The van der Waals surface area contributed by atoms with Gasteiger partial charge in [-0.1, -0.05) is 6.07 Å². The van der Waals surface area contributed by atoms with E-state index in [1.165, 1.54) is 7.11 Å². The van der Waals surface area contributed by atoms with Crippen LogP contribution in [0.4, 0.5) is 0 Å². The quantitative estimate of drug-likeness (QED) is 0.671. The molecule has 0 saturated carbocycles. The van der Waals surface area contributed by atoms with E-state index < -0.39 is 0 Å². The maximum atomic E-state index is 9.94. The van der Waals surface area contributed by atoms with Crippen molar-refractivity contribution in [1.82, 2.24) is 4.90 Å². The Kier molecular flexibility index (Phi) is 8.07. The van der Waals surface area contributed by atoms with Gasteiger partial charge in [0.05, 0.1) is 20.3 Å². The normalized spacial score (nSPS) is 12.6. The molecule has 0 aliphatic rings. The second-order valence-corrected chi connectivity index (χ2v) is 4.70. The number of hydrogen-bond acceptors (Lipinski definition) is 6. The smallest absolute Gasteiger partial charge is 0.160 e. The summed E-state index contributed by atoms with van der Waals surface area (Å²) in [6.07, 6.45) is 0. The molecule has 1 atom stereocenters. The van der Waals surface area contributed by atoms with Crippen LogP contribution in [-0.4, -0.2) is 64.2 Å². The average molecular weight is 298 g/mol. The van der Waals surface area contributed by atoms with Crippen molar-refractivity contribution < 1.29 is 19.3 Å². The number of rotatable bonds is 10. The van der Waals surface area contributed by atoms with Gasteiger partial charge in [0.2, 0.25) is 0 Å². The highest BCUT2D eigenvalue weighted by Gasteiger charge is 2.20. The van der Waals surface area contributed by atoms with Crippen molar-refractivity contribution in [2.75, 3.05) is 54.2 Å². The molecule has 0 amide bonds. The van der Waals surface area contributed by atoms with Crippen LogP contribution in [0.1, 0.15) is 11.6 Å². The van der Waals surface area contributed by atoms with E-state index in [0.717, 1.165) is 18.7 Å². The fraction of sp³-hybridized carbons (Fsp3) is 0.600. The van der Waals surface area contributed by atoms with Crippen molar-refractivity contribution >= 4 is 0 Å². The molecule has 1 aromatic carbocycles. The second-order valence-electron chi connectivity index (χ2n) is 4.70. The lowest BCUT2D eigenvalue weighted by Crippen LogP contribution is -2.38. The van der Waals surface area contributed by atoms with E-state index in [1.54, 1.807) is 26.4 Å². The highest BCUT2D eigenvalue weighted by molar-refractivity contribution is 5.42. The van der Waals surface area contributed by atoms with Gasteiger partial charge in [-0.2, -0.15) is 0 Å². The van der Waals surface area contributed by atoms with E-state index >= 15 is 0 Å². The fourth-order valence-electron chi connectivity index (χ4n) is 2.25. The van der Waals surface area contributed by atoms with Gasteiger partial charge in [0.25, 0.3) is 0 Å². The molecule has 120 valence electrons. The number of phenolic OH excluding ortho intramolecular Hbond substituents is 1. The van der Waals surface area contributed by atoms with Gasteiger partial charge in [0, 0.05) is 39.9 Å². The summed E-state index contributed by atoms with van der Waals surface area (Å²) >= 11 is 0. The molecule has 1 unspecified atom stereocenters. The number of hydrogen-bond donors (Lipinski definition) is 2. The number of nitrogens with zero attached hydrogens (tertiary/aromatic N) is 1. The summed E-state index contributed by atoms with van der Waals surface area (Å²) in [5.41, 5.74) is 6.88. The van der Waals surface area contributed by atoms with Gasteiger partial charge in [-0.15, -0.1) is 0 Å². The molecule has 6 nitrogen and oxygen atoms in total. The zero-order valence-corrected chi connectivity index (χ0v) is 13.0. The maximum Gasteiger partial charge on any atom is 0.160 e.